The van der Waals surface area contributed by atoms with Gasteiger partial charge in [0.05, 0.1) is 13.2 Å². The Morgan fingerprint density at radius 1 is 1.47 bits per heavy atom. The fourth-order valence-electron chi connectivity index (χ4n) is 2.29. The Morgan fingerprint density at radius 2 is 2.20 bits per heavy atom. The minimum absolute atomic E-state index is 0.186. The summed E-state index contributed by atoms with van der Waals surface area (Å²) in [6, 6.07) is 0.593. The molecule has 0 saturated carbocycles. The van der Waals surface area contributed by atoms with Crippen molar-refractivity contribution in [3.8, 4) is 0 Å². The van der Waals surface area contributed by atoms with E-state index in [0.717, 1.165) is 32.8 Å². The van der Waals surface area contributed by atoms with E-state index in [1.807, 2.05) is 0 Å². The summed E-state index contributed by atoms with van der Waals surface area (Å²) < 4.78 is 5.53. The van der Waals surface area contributed by atoms with Gasteiger partial charge in [-0.1, -0.05) is 6.92 Å². The molecule has 0 aromatic carbocycles. The van der Waals surface area contributed by atoms with Crippen LogP contribution in [0.15, 0.2) is 0 Å². The van der Waals surface area contributed by atoms with Crippen LogP contribution in [0.4, 0.5) is 0 Å². The van der Waals surface area contributed by atoms with Crippen LogP contribution in [0.5, 0.6) is 0 Å². The van der Waals surface area contributed by atoms with E-state index in [2.05, 4.69) is 37.9 Å². The number of nitrogens with zero attached hydrogens (tertiary/aromatic N) is 1. The maximum absolute atomic E-state index is 5.53. The average molecular weight is 214 g/mol. The first-order valence-corrected chi connectivity index (χ1v) is 6.13. The summed E-state index contributed by atoms with van der Waals surface area (Å²) in [7, 11) is 0. The summed E-state index contributed by atoms with van der Waals surface area (Å²) in [6.45, 7) is 14.0. The Hall–Kier alpha value is -0.120. The van der Waals surface area contributed by atoms with Gasteiger partial charge >= 0.3 is 0 Å². The number of hydrogen-bond acceptors (Lipinski definition) is 3. The molecule has 0 radical (unpaired) electrons. The summed E-state index contributed by atoms with van der Waals surface area (Å²) in [5.74, 6) is 0. The van der Waals surface area contributed by atoms with E-state index < -0.39 is 0 Å². The molecule has 0 aromatic rings. The van der Waals surface area contributed by atoms with Crippen LogP contribution in [-0.4, -0.2) is 49.3 Å². The molecule has 1 aliphatic heterocycles. The van der Waals surface area contributed by atoms with Crippen molar-refractivity contribution in [3.63, 3.8) is 0 Å². The molecule has 1 aliphatic rings. The third-order valence-electron chi connectivity index (χ3n) is 3.11. The van der Waals surface area contributed by atoms with Crippen molar-refractivity contribution in [2.45, 2.75) is 45.7 Å². The zero-order chi connectivity index (χ0) is 11.3. The van der Waals surface area contributed by atoms with E-state index in [0.29, 0.717) is 6.04 Å². The van der Waals surface area contributed by atoms with Crippen LogP contribution in [0.3, 0.4) is 0 Å². The number of nitrogens with one attached hydrogen (secondary N) is 1. The maximum Gasteiger partial charge on any atom is 0.0645 e. The third-order valence-corrected chi connectivity index (χ3v) is 3.11. The van der Waals surface area contributed by atoms with Gasteiger partial charge in [0.25, 0.3) is 0 Å². The fourth-order valence-corrected chi connectivity index (χ4v) is 2.29. The van der Waals surface area contributed by atoms with Crippen molar-refractivity contribution in [3.05, 3.63) is 0 Å². The van der Waals surface area contributed by atoms with Gasteiger partial charge in [-0.05, 0) is 33.7 Å². The maximum atomic E-state index is 5.53. The molecule has 90 valence electrons. The molecule has 0 aliphatic carbocycles. The van der Waals surface area contributed by atoms with Gasteiger partial charge < -0.3 is 10.1 Å². The van der Waals surface area contributed by atoms with Crippen molar-refractivity contribution in [2.75, 3.05) is 32.8 Å². The van der Waals surface area contributed by atoms with E-state index in [-0.39, 0.29) is 5.54 Å². The molecule has 1 N–H and O–H groups in total. The Labute approximate surface area is 94.2 Å². The van der Waals surface area contributed by atoms with Crippen LogP contribution in [-0.2, 0) is 4.74 Å². The van der Waals surface area contributed by atoms with Crippen LogP contribution in [0, 0.1) is 0 Å². The topological polar surface area (TPSA) is 24.5 Å². The minimum Gasteiger partial charge on any atom is -0.378 e. The zero-order valence-corrected chi connectivity index (χ0v) is 10.7. The zero-order valence-electron chi connectivity index (χ0n) is 10.7. The van der Waals surface area contributed by atoms with Crippen LogP contribution in [0.2, 0.25) is 0 Å². The van der Waals surface area contributed by atoms with Crippen LogP contribution < -0.4 is 5.32 Å². The second-order valence-electron chi connectivity index (χ2n) is 5.11. The lowest BCUT2D eigenvalue weighted by Gasteiger charge is -2.45. The predicted octanol–water partition coefficient (Wildman–Crippen LogP) is 1.49. The monoisotopic (exact) mass is 214 g/mol. The highest BCUT2D eigenvalue weighted by molar-refractivity contribution is 4.88. The number of morpholine rings is 1. The van der Waals surface area contributed by atoms with E-state index in [4.69, 9.17) is 4.74 Å². The van der Waals surface area contributed by atoms with Crippen LogP contribution in [0.1, 0.15) is 34.1 Å². The van der Waals surface area contributed by atoms with Crippen molar-refractivity contribution < 1.29 is 4.74 Å². The van der Waals surface area contributed by atoms with Gasteiger partial charge in [-0.25, -0.2) is 0 Å². The molecule has 1 fully saturated rings. The summed E-state index contributed by atoms with van der Waals surface area (Å²) in [6.07, 6.45) is 1.21. The quantitative estimate of drug-likeness (QED) is 0.702. The first-order valence-electron chi connectivity index (χ1n) is 6.13. The second kappa shape index (κ2) is 5.83. The van der Waals surface area contributed by atoms with Gasteiger partial charge in [-0.15, -0.1) is 0 Å². The van der Waals surface area contributed by atoms with E-state index in [1.54, 1.807) is 0 Å². The molecule has 3 heteroatoms. The molecule has 1 atom stereocenters. The van der Waals surface area contributed by atoms with Gasteiger partial charge in [0.1, 0.15) is 0 Å². The lowest BCUT2D eigenvalue weighted by molar-refractivity contribution is -0.0681. The van der Waals surface area contributed by atoms with Crippen molar-refractivity contribution >= 4 is 0 Å². The molecule has 3 nitrogen and oxygen atoms in total. The summed E-state index contributed by atoms with van der Waals surface area (Å²) >= 11 is 0. The summed E-state index contributed by atoms with van der Waals surface area (Å²) in [4.78, 5) is 2.55. The molecule has 1 saturated heterocycles. The van der Waals surface area contributed by atoms with E-state index in [9.17, 15) is 0 Å². The fraction of sp³-hybridized carbons (Fsp3) is 1.00. The van der Waals surface area contributed by atoms with E-state index in [1.165, 1.54) is 6.42 Å². The SMILES string of the molecule is CCCNCC(C)N1CCOCC1(C)C. The third kappa shape index (κ3) is 3.74. The van der Waals surface area contributed by atoms with Gasteiger partial charge in [0.2, 0.25) is 0 Å². The Bertz CT molecular complexity index is 182. The summed E-state index contributed by atoms with van der Waals surface area (Å²) in [5, 5.41) is 3.49. The molecular formula is C12H26N2O. The highest BCUT2D eigenvalue weighted by Crippen LogP contribution is 2.21. The molecule has 0 aromatic heterocycles. The predicted molar refractivity (Wildman–Crippen MR) is 64.2 cm³/mol. The smallest absolute Gasteiger partial charge is 0.0645 e. The molecule has 15 heavy (non-hydrogen) atoms. The first kappa shape index (κ1) is 12.9. The summed E-state index contributed by atoms with van der Waals surface area (Å²) in [5.41, 5.74) is 0.186. The van der Waals surface area contributed by atoms with Gasteiger partial charge in [-0.2, -0.15) is 0 Å². The number of rotatable bonds is 5. The normalized spacial score (nSPS) is 24.0. The molecule has 1 unspecified atom stereocenters. The molecule has 0 bridgehead atoms. The second-order valence-corrected chi connectivity index (χ2v) is 5.11. The van der Waals surface area contributed by atoms with E-state index >= 15 is 0 Å². The Morgan fingerprint density at radius 3 is 2.80 bits per heavy atom. The number of ether oxygens (including phenoxy) is 1. The lowest BCUT2D eigenvalue weighted by Crippen LogP contribution is -2.58. The molecular weight excluding hydrogens is 188 g/mol. The Balaban J connectivity index is 2.38. The van der Waals surface area contributed by atoms with Gasteiger partial charge in [-0.3, -0.25) is 4.90 Å². The highest BCUT2D eigenvalue weighted by Gasteiger charge is 2.33. The molecule has 0 spiro atoms. The lowest BCUT2D eigenvalue weighted by atomic mass is 10.00. The van der Waals surface area contributed by atoms with Crippen LogP contribution in [0.25, 0.3) is 0 Å². The first-order chi connectivity index (χ1) is 7.08. The van der Waals surface area contributed by atoms with Crippen molar-refractivity contribution in [2.24, 2.45) is 0 Å². The molecule has 1 rings (SSSR count). The van der Waals surface area contributed by atoms with Gasteiger partial charge in [0.15, 0.2) is 0 Å². The Kier molecular flexibility index (Phi) is 5.03. The van der Waals surface area contributed by atoms with Crippen LogP contribution >= 0.6 is 0 Å². The minimum atomic E-state index is 0.186. The van der Waals surface area contributed by atoms with Crippen molar-refractivity contribution in [1.29, 1.82) is 0 Å². The average Bonchev–Trinajstić information content (AvgIpc) is 2.17. The highest BCUT2D eigenvalue weighted by atomic mass is 16.5. The number of hydrogen-bond donors (Lipinski definition) is 1. The largest absolute Gasteiger partial charge is 0.378 e. The molecule has 0 amide bonds. The molecule has 1 heterocycles. The van der Waals surface area contributed by atoms with Gasteiger partial charge in [0, 0.05) is 24.7 Å². The van der Waals surface area contributed by atoms with Crippen molar-refractivity contribution in [1.82, 2.24) is 10.2 Å². The standard InChI is InChI=1S/C12H26N2O/c1-5-6-13-9-11(2)14-7-8-15-10-12(14,3)4/h11,13H,5-10H2,1-4H3.